The number of carbonyl (C=O) groups is 1. The van der Waals surface area contributed by atoms with Gasteiger partial charge in [0, 0.05) is 11.4 Å². The second-order valence-electron chi connectivity index (χ2n) is 6.09. The Morgan fingerprint density at radius 1 is 1.44 bits per heavy atom. The van der Waals surface area contributed by atoms with Crippen LogP contribution in [-0.4, -0.2) is 33.4 Å². The van der Waals surface area contributed by atoms with Crippen molar-refractivity contribution < 1.29 is 9.53 Å². The molecule has 1 aliphatic heterocycles. The molecule has 7 nitrogen and oxygen atoms in total. The predicted octanol–water partition coefficient (Wildman–Crippen LogP) is 2.41. The van der Waals surface area contributed by atoms with Crippen LogP contribution in [0.25, 0.3) is 0 Å². The van der Waals surface area contributed by atoms with Gasteiger partial charge < -0.3 is 15.8 Å². The molecule has 0 bridgehead atoms. The lowest BCUT2D eigenvalue weighted by Gasteiger charge is -2.30. The van der Waals surface area contributed by atoms with Crippen LogP contribution in [0.4, 0.5) is 5.69 Å². The molecule has 0 radical (unpaired) electrons. The summed E-state index contributed by atoms with van der Waals surface area (Å²) < 4.78 is 5.15. The zero-order chi connectivity index (χ0) is 19.3. The molecule has 0 spiro atoms. The Morgan fingerprint density at radius 2 is 2.30 bits per heavy atom. The highest BCUT2D eigenvalue weighted by Crippen LogP contribution is 2.35. The standard InChI is InChI=1S/C19H19N5O2S/c1-3-8-26-16-12-21-15(11-22-16)17(25)23-14-6-4-5-13(10-14)19(2)7-9-27-18(20)24-19/h1,4-6,10-12H,7-9H2,2H3,(H2,20,24)(H,23,25)/t19-/m0/s1. The van der Waals surface area contributed by atoms with Gasteiger partial charge in [-0.3, -0.25) is 9.79 Å². The van der Waals surface area contributed by atoms with Crippen molar-refractivity contribution in [2.24, 2.45) is 10.7 Å². The summed E-state index contributed by atoms with van der Waals surface area (Å²) >= 11 is 1.55. The molecule has 1 aromatic carbocycles. The Kier molecular flexibility index (Phi) is 5.62. The largest absolute Gasteiger partial charge is 0.463 e. The number of aliphatic imine (C=N–C) groups is 1. The highest BCUT2D eigenvalue weighted by Gasteiger charge is 2.29. The topological polar surface area (TPSA) is 102 Å². The van der Waals surface area contributed by atoms with Crippen LogP contribution in [0.5, 0.6) is 5.88 Å². The van der Waals surface area contributed by atoms with Crippen molar-refractivity contribution in [1.82, 2.24) is 9.97 Å². The number of anilines is 1. The monoisotopic (exact) mass is 381 g/mol. The third-order valence-corrected chi connectivity index (χ3v) is 4.90. The number of thioether (sulfide) groups is 1. The Bertz CT molecular complexity index is 907. The normalized spacial score (nSPS) is 18.9. The number of carbonyl (C=O) groups excluding carboxylic acids is 1. The van der Waals surface area contributed by atoms with E-state index in [1.807, 2.05) is 31.2 Å². The first kappa shape index (κ1) is 18.7. The first-order chi connectivity index (χ1) is 13.0. The molecular weight excluding hydrogens is 362 g/mol. The molecule has 0 fully saturated rings. The number of terminal acetylenes is 1. The number of hydrogen-bond acceptors (Lipinski definition) is 7. The number of amides is 1. The molecule has 0 saturated heterocycles. The third-order valence-electron chi connectivity index (χ3n) is 4.10. The van der Waals surface area contributed by atoms with Gasteiger partial charge in [0.2, 0.25) is 5.88 Å². The number of aromatic nitrogens is 2. The van der Waals surface area contributed by atoms with Gasteiger partial charge in [-0.15, -0.1) is 6.42 Å². The molecule has 1 atom stereocenters. The summed E-state index contributed by atoms with van der Waals surface area (Å²) in [4.78, 5) is 25.1. The average Bonchev–Trinajstić information content (AvgIpc) is 2.67. The quantitative estimate of drug-likeness (QED) is 0.771. The van der Waals surface area contributed by atoms with E-state index in [4.69, 9.17) is 16.9 Å². The van der Waals surface area contributed by atoms with Gasteiger partial charge >= 0.3 is 0 Å². The summed E-state index contributed by atoms with van der Waals surface area (Å²) in [6, 6.07) is 7.58. The zero-order valence-electron chi connectivity index (χ0n) is 14.8. The van der Waals surface area contributed by atoms with E-state index in [2.05, 4.69) is 26.2 Å². The predicted molar refractivity (Wildman–Crippen MR) is 107 cm³/mol. The van der Waals surface area contributed by atoms with Crippen LogP contribution in [0.15, 0.2) is 41.7 Å². The first-order valence-corrected chi connectivity index (χ1v) is 9.27. The molecule has 3 rings (SSSR count). The fourth-order valence-electron chi connectivity index (χ4n) is 2.65. The van der Waals surface area contributed by atoms with Gasteiger partial charge in [0.15, 0.2) is 11.8 Å². The zero-order valence-corrected chi connectivity index (χ0v) is 15.6. The second-order valence-corrected chi connectivity index (χ2v) is 7.21. The van der Waals surface area contributed by atoms with Crippen molar-refractivity contribution in [1.29, 1.82) is 0 Å². The molecule has 1 aliphatic rings. The van der Waals surface area contributed by atoms with Crippen LogP contribution in [0.3, 0.4) is 0 Å². The number of nitrogens with one attached hydrogen (secondary N) is 1. The van der Waals surface area contributed by atoms with E-state index in [1.54, 1.807) is 11.8 Å². The van der Waals surface area contributed by atoms with Gasteiger partial charge in [0.05, 0.1) is 17.9 Å². The van der Waals surface area contributed by atoms with E-state index in [9.17, 15) is 4.79 Å². The van der Waals surface area contributed by atoms with Crippen molar-refractivity contribution in [2.45, 2.75) is 18.9 Å². The molecule has 8 heteroatoms. The van der Waals surface area contributed by atoms with Gasteiger partial charge in [0.1, 0.15) is 5.69 Å². The van der Waals surface area contributed by atoms with Crippen molar-refractivity contribution >= 4 is 28.5 Å². The van der Waals surface area contributed by atoms with Crippen LogP contribution < -0.4 is 15.8 Å². The molecule has 0 aliphatic carbocycles. The molecule has 0 unspecified atom stereocenters. The number of nitrogens with zero attached hydrogens (tertiary/aromatic N) is 3. The highest BCUT2D eigenvalue weighted by molar-refractivity contribution is 8.13. The van der Waals surface area contributed by atoms with Gasteiger partial charge in [0.25, 0.3) is 5.91 Å². The third kappa shape index (κ3) is 4.57. The Morgan fingerprint density at radius 3 is 3.00 bits per heavy atom. The molecule has 1 amide bonds. The fourth-order valence-corrected chi connectivity index (χ4v) is 3.62. The first-order valence-electron chi connectivity index (χ1n) is 8.28. The lowest BCUT2D eigenvalue weighted by Crippen LogP contribution is -2.28. The number of benzene rings is 1. The highest BCUT2D eigenvalue weighted by atomic mass is 32.2. The van der Waals surface area contributed by atoms with Gasteiger partial charge in [-0.2, -0.15) is 0 Å². The Labute approximate surface area is 161 Å². The number of rotatable bonds is 5. The average molecular weight is 381 g/mol. The summed E-state index contributed by atoms with van der Waals surface area (Å²) in [5.41, 5.74) is 7.32. The smallest absolute Gasteiger partial charge is 0.275 e. The van der Waals surface area contributed by atoms with Crippen LogP contribution in [0.2, 0.25) is 0 Å². The lowest BCUT2D eigenvalue weighted by molar-refractivity contribution is 0.102. The Balaban J connectivity index is 1.73. The number of hydrogen-bond donors (Lipinski definition) is 2. The lowest BCUT2D eigenvalue weighted by atomic mass is 9.89. The minimum atomic E-state index is -0.397. The Hall–Kier alpha value is -3.05. The minimum absolute atomic E-state index is 0.0945. The molecule has 27 heavy (non-hydrogen) atoms. The molecule has 3 N–H and O–H groups in total. The minimum Gasteiger partial charge on any atom is -0.463 e. The van der Waals surface area contributed by atoms with E-state index in [0.717, 1.165) is 17.7 Å². The van der Waals surface area contributed by atoms with Crippen molar-refractivity contribution in [3.05, 3.63) is 47.9 Å². The van der Waals surface area contributed by atoms with Crippen molar-refractivity contribution in [3.8, 4) is 18.2 Å². The van der Waals surface area contributed by atoms with E-state index < -0.39 is 5.54 Å². The van der Waals surface area contributed by atoms with E-state index >= 15 is 0 Å². The maximum Gasteiger partial charge on any atom is 0.275 e. The molecule has 2 heterocycles. The van der Waals surface area contributed by atoms with Crippen LogP contribution in [0.1, 0.15) is 29.4 Å². The summed E-state index contributed by atoms with van der Waals surface area (Å²) in [7, 11) is 0. The molecule has 1 aromatic heterocycles. The number of nitrogens with two attached hydrogens (primary N) is 1. The van der Waals surface area contributed by atoms with E-state index in [-0.39, 0.29) is 24.1 Å². The van der Waals surface area contributed by atoms with Gasteiger partial charge in [-0.25, -0.2) is 9.97 Å². The van der Waals surface area contributed by atoms with Crippen molar-refractivity contribution in [3.63, 3.8) is 0 Å². The van der Waals surface area contributed by atoms with Crippen LogP contribution in [0, 0.1) is 12.3 Å². The maximum absolute atomic E-state index is 12.4. The summed E-state index contributed by atoms with van der Waals surface area (Å²) in [6.45, 7) is 2.14. The molecule has 2 aromatic rings. The van der Waals surface area contributed by atoms with Crippen LogP contribution in [-0.2, 0) is 5.54 Å². The number of amidine groups is 1. The molecular formula is C19H19N5O2S. The van der Waals surface area contributed by atoms with E-state index in [0.29, 0.717) is 10.9 Å². The van der Waals surface area contributed by atoms with Gasteiger partial charge in [-0.1, -0.05) is 29.8 Å². The fraction of sp³-hybridized carbons (Fsp3) is 0.263. The molecule has 138 valence electrons. The summed E-state index contributed by atoms with van der Waals surface area (Å²) in [6.07, 6.45) is 8.70. The van der Waals surface area contributed by atoms with Crippen LogP contribution >= 0.6 is 11.8 Å². The van der Waals surface area contributed by atoms with Crippen molar-refractivity contribution in [2.75, 3.05) is 17.7 Å². The SMILES string of the molecule is C#CCOc1cnc(C(=O)Nc2cccc([C@]3(C)CCSC(N)=N3)c2)cn1. The van der Waals surface area contributed by atoms with Gasteiger partial charge in [-0.05, 0) is 31.0 Å². The molecule has 0 saturated carbocycles. The maximum atomic E-state index is 12.4. The number of ether oxygens (including phenoxy) is 1. The second kappa shape index (κ2) is 8.10. The van der Waals surface area contributed by atoms with E-state index in [1.165, 1.54) is 12.4 Å². The summed E-state index contributed by atoms with van der Waals surface area (Å²) in [5.74, 6) is 3.15. The summed E-state index contributed by atoms with van der Waals surface area (Å²) in [5, 5.41) is 3.41.